The first-order valence-electron chi connectivity index (χ1n) is 12.5. The van der Waals surface area contributed by atoms with E-state index in [1.807, 2.05) is 24.3 Å². The lowest BCUT2D eigenvalue weighted by molar-refractivity contribution is 0.262. The van der Waals surface area contributed by atoms with Crippen molar-refractivity contribution in [2.24, 2.45) is 0 Å². The second-order valence-electron chi connectivity index (χ2n) is 8.85. The monoisotopic (exact) mass is 521 g/mol. The minimum absolute atomic E-state index is 0.381. The molecule has 0 bridgehead atoms. The lowest BCUT2D eigenvalue weighted by Crippen LogP contribution is -2.31. The zero-order valence-corrected chi connectivity index (χ0v) is 22.3. The Balaban J connectivity index is 1.33. The topological polar surface area (TPSA) is 97.4 Å². The van der Waals surface area contributed by atoms with Crippen molar-refractivity contribution in [1.29, 1.82) is 0 Å². The van der Waals surface area contributed by atoms with E-state index in [1.165, 1.54) is 0 Å². The number of methoxy groups -OCH3 is 4. The maximum Gasteiger partial charge on any atom is 0.323 e. The van der Waals surface area contributed by atoms with E-state index in [-0.39, 0.29) is 6.03 Å². The SMILES string of the molecule is COc1cc(NC(=O)Nc2ccc(N3CCCN(Cc4cccc(OC)c4OC)CC3)nc2)cc(OC)c1. The van der Waals surface area contributed by atoms with E-state index in [9.17, 15) is 4.79 Å². The number of para-hydroxylation sites is 1. The molecule has 2 aromatic carbocycles. The van der Waals surface area contributed by atoms with Crippen molar-refractivity contribution in [1.82, 2.24) is 9.88 Å². The molecule has 0 aliphatic carbocycles. The first-order valence-corrected chi connectivity index (χ1v) is 12.5. The predicted molar refractivity (Wildman–Crippen MR) is 148 cm³/mol. The fourth-order valence-electron chi connectivity index (χ4n) is 4.50. The van der Waals surface area contributed by atoms with Crippen LogP contribution < -0.4 is 34.5 Å². The fraction of sp³-hybridized carbons (Fsp3) is 0.357. The van der Waals surface area contributed by atoms with Gasteiger partial charge in [-0.2, -0.15) is 0 Å². The molecular weight excluding hydrogens is 486 g/mol. The number of hydrogen-bond donors (Lipinski definition) is 2. The van der Waals surface area contributed by atoms with Gasteiger partial charge in [-0.3, -0.25) is 4.90 Å². The quantitative estimate of drug-likeness (QED) is 0.426. The summed E-state index contributed by atoms with van der Waals surface area (Å²) >= 11 is 0. The van der Waals surface area contributed by atoms with Crippen molar-refractivity contribution in [3.05, 3.63) is 60.3 Å². The Morgan fingerprint density at radius 2 is 1.61 bits per heavy atom. The van der Waals surface area contributed by atoms with E-state index in [0.717, 1.165) is 62.0 Å². The summed E-state index contributed by atoms with van der Waals surface area (Å²) in [4.78, 5) is 21.8. The molecule has 0 radical (unpaired) electrons. The number of rotatable bonds is 9. The van der Waals surface area contributed by atoms with E-state index in [2.05, 4.69) is 31.5 Å². The van der Waals surface area contributed by atoms with E-state index < -0.39 is 0 Å². The molecular formula is C28H35N5O5. The minimum Gasteiger partial charge on any atom is -0.497 e. The number of carbonyl (C=O) groups is 1. The van der Waals surface area contributed by atoms with E-state index in [4.69, 9.17) is 18.9 Å². The molecule has 10 nitrogen and oxygen atoms in total. The van der Waals surface area contributed by atoms with Gasteiger partial charge in [-0.25, -0.2) is 9.78 Å². The highest BCUT2D eigenvalue weighted by atomic mass is 16.5. The van der Waals surface area contributed by atoms with Crippen molar-refractivity contribution in [3.8, 4) is 23.0 Å². The molecule has 2 amide bonds. The highest BCUT2D eigenvalue weighted by molar-refractivity contribution is 5.99. The molecule has 1 aliphatic heterocycles. The standard InChI is InChI=1S/C28H35N5O5/c1-35-23-15-22(16-24(17-23)36-2)31-28(34)30-21-9-10-26(29-18-21)33-12-6-11-32(13-14-33)19-20-7-5-8-25(37-3)27(20)38-4/h5,7-10,15-18H,6,11-14,19H2,1-4H3,(H2,30,31,34). The van der Waals surface area contributed by atoms with Gasteiger partial charge < -0.3 is 34.5 Å². The van der Waals surface area contributed by atoms with Crippen LogP contribution >= 0.6 is 0 Å². The summed E-state index contributed by atoms with van der Waals surface area (Å²) in [7, 11) is 6.45. The third-order valence-corrected chi connectivity index (χ3v) is 6.41. The smallest absolute Gasteiger partial charge is 0.323 e. The number of carbonyl (C=O) groups excluding carboxylic acids is 1. The van der Waals surface area contributed by atoms with E-state index >= 15 is 0 Å². The Morgan fingerprint density at radius 1 is 0.842 bits per heavy atom. The number of aromatic nitrogens is 1. The molecule has 38 heavy (non-hydrogen) atoms. The second-order valence-corrected chi connectivity index (χ2v) is 8.85. The average molecular weight is 522 g/mol. The fourth-order valence-corrected chi connectivity index (χ4v) is 4.50. The number of pyridine rings is 1. The van der Waals surface area contributed by atoms with Crippen LogP contribution in [0.25, 0.3) is 0 Å². The number of nitrogens with zero attached hydrogens (tertiary/aromatic N) is 3. The van der Waals surface area contributed by atoms with Crippen LogP contribution in [0.1, 0.15) is 12.0 Å². The van der Waals surface area contributed by atoms with E-state index in [0.29, 0.717) is 22.9 Å². The molecule has 0 atom stereocenters. The van der Waals surface area contributed by atoms with Crippen LogP contribution in [0.5, 0.6) is 23.0 Å². The number of ether oxygens (including phenoxy) is 4. The Bertz CT molecular complexity index is 1200. The number of benzene rings is 2. The lowest BCUT2D eigenvalue weighted by Gasteiger charge is -2.23. The first-order chi connectivity index (χ1) is 18.5. The van der Waals surface area contributed by atoms with Crippen molar-refractivity contribution in [2.75, 3.05) is 70.2 Å². The normalized spacial score (nSPS) is 13.8. The van der Waals surface area contributed by atoms with Crippen LogP contribution in [0.3, 0.4) is 0 Å². The number of amides is 2. The molecule has 1 aliphatic rings. The summed E-state index contributed by atoms with van der Waals surface area (Å²) in [6.07, 6.45) is 2.69. The van der Waals surface area contributed by atoms with Gasteiger partial charge in [-0.15, -0.1) is 0 Å². The van der Waals surface area contributed by atoms with Gasteiger partial charge in [0.1, 0.15) is 17.3 Å². The van der Waals surface area contributed by atoms with Gasteiger partial charge in [0.05, 0.1) is 40.3 Å². The van der Waals surface area contributed by atoms with E-state index in [1.54, 1.807) is 52.8 Å². The largest absolute Gasteiger partial charge is 0.497 e. The molecule has 3 aromatic rings. The molecule has 202 valence electrons. The van der Waals surface area contributed by atoms with Crippen LogP contribution in [0.4, 0.5) is 22.0 Å². The molecule has 10 heteroatoms. The summed E-state index contributed by atoms with van der Waals surface area (Å²) < 4.78 is 21.6. The number of urea groups is 1. The minimum atomic E-state index is -0.381. The Morgan fingerprint density at radius 3 is 2.26 bits per heavy atom. The van der Waals surface area contributed by atoms with Crippen LogP contribution in [0.2, 0.25) is 0 Å². The summed E-state index contributed by atoms with van der Waals surface area (Å²) in [5, 5.41) is 5.61. The summed E-state index contributed by atoms with van der Waals surface area (Å²) in [6.45, 7) is 4.42. The Hall–Kier alpha value is -4.18. The molecule has 4 rings (SSSR count). The molecule has 2 N–H and O–H groups in total. The maximum absolute atomic E-state index is 12.5. The first kappa shape index (κ1) is 26.9. The Kier molecular flexibility index (Phi) is 9.10. The zero-order chi connectivity index (χ0) is 26.9. The average Bonchev–Trinajstić information content (AvgIpc) is 3.18. The number of hydrogen-bond acceptors (Lipinski definition) is 8. The van der Waals surface area contributed by atoms with Crippen molar-refractivity contribution < 1.29 is 23.7 Å². The molecule has 2 heterocycles. The predicted octanol–water partition coefficient (Wildman–Crippen LogP) is 4.47. The third kappa shape index (κ3) is 6.77. The van der Waals surface area contributed by atoms with Gasteiger partial charge in [-0.05, 0) is 24.6 Å². The summed E-state index contributed by atoms with van der Waals surface area (Å²) in [6, 6.07) is 14.6. The van der Waals surface area contributed by atoms with Crippen molar-refractivity contribution in [3.63, 3.8) is 0 Å². The molecule has 0 saturated carbocycles. The van der Waals surface area contributed by atoms with Crippen molar-refractivity contribution in [2.45, 2.75) is 13.0 Å². The zero-order valence-electron chi connectivity index (χ0n) is 22.3. The Labute approximate surface area is 223 Å². The second kappa shape index (κ2) is 12.9. The van der Waals surface area contributed by atoms with Crippen LogP contribution in [0, 0.1) is 0 Å². The van der Waals surface area contributed by atoms with Crippen LogP contribution in [-0.4, -0.2) is 70.5 Å². The van der Waals surface area contributed by atoms with Crippen molar-refractivity contribution >= 4 is 23.2 Å². The van der Waals surface area contributed by atoms with Crippen LogP contribution in [0.15, 0.2) is 54.7 Å². The van der Waals surface area contributed by atoms with Crippen LogP contribution in [-0.2, 0) is 6.54 Å². The third-order valence-electron chi connectivity index (χ3n) is 6.41. The highest BCUT2D eigenvalue weighted by Crippen LogP contribution is 2.32. The maximum atomic E-state index is 12.5. The molecule has 0 unspecified atom stereocenters. The number of anilines is 3. The number of nitrogens with one attached hydrogen (secondary N) is 2. The van der Waals surface area contributed by atoms with Gasteiger partial charge in [0.2, 0.25) is 0 Å². The van der Waals surface area contributed by atoms with Gasteiger partial charge in [-0.1, -0.05) is 12.1 Å². The molecule has 0 spiro atoms. The summed E-state index contributed by atoms with van der Waals surface area (Å²) in [5.41, 5.74) is 2.27. The molecule has 1 aromatic heterocycles. The van der Waals surface area contributed by atoms with Gasteiger partial charge in [0.25, 0.3) is 0 Å². The summed E-state index contributed by atoms with van der Waals surface area (Å²) in [5.74, 6) is 3.59. The molecule has 1 fully saturated rings. The van der Waals surface area contributed by atoms with Gasteiger partial charge >= 0.3 is 6.03 Å². The van der Waals surface area contributed by atoms with Gasteiger partial charge in [0, 0.05) is 62.2 Å². The van der Waals surface area contributed by atoms with Gasteiger partial charge in [0.15, 0.2) is 11.5 Å². The highest BCUT2D eigenvalue weighted by Gasteiger charge is 2.19. The lowest BCUT2D eigenvalue weighted by atomic mass is 10.1. The molecule has 1 saturated heterocycles.